The van der Waals surface area contributed by atoms with Gasteiger partial charge >= 0.3 is 0 Å². The first-order valence-electron chi connectivity index (χ1n) is 5.56. The molecule has 0 saturated carbocycles. The summed E-state index contributed by atoms with van der Waals surface area (Å²) < 4.78 is 25.2. The lowest BCUT2D eigenvalue weighted by molar-refractivity contribution is 0.609. The van der Waals surface area contributed by atoms with Crippen molar-refractivity contribution in [3.05, 3.63) is 35.1 Å². The Morgan fingerprint density at radius 2 is 2.18 bits per heavy atom. The zero-order valence-corrected chi connectivity index (χ0v) is 10.9. The van der Waals surface area contributed by atoms with Crippen molar-refractivity contribution in [1.82, 2.24) is 0 Å². The molecule has 0 aliphatic carbocycles. The second-order valence-corrected chi connectivity index (χ2v) is 5.97. The average molecular weight is 253 g/mol. The molecule has 0 heterocycles. The van der Waals surface area contributed by atoms with Crippen molar-refractivity contribution in [1.29, 1.82) is 5.26 Å². The van der Waals surface area contributed by atoms with Crippen LogP contribution in [-0.2, 0) is 16.6 Å². The van der Waals surface area contributed by atoms with E-state index in [2.05, 4.69) is 13.8 Å². The van der Waals surface area contributed by atoms with Gasteiger partial charge in [-0.1, -0.05) is 19.9 Å². The summed E-state index contributed by atoms with van der Waals surface area (Å²) in [6.07, 6.45) is 0.879. The second-order valence-electron chi connectivity index (χ2n) is 4.39. The summed E-state index contributed by atoms with van der Waals surface area (Å²) in [6.45, 7) is 4.14. The summed E-state index contributed by atoms with van der Waals surface area (Å²) in [7, 11) is -1.03. The molecule has 1 unspecified atom stereocenters. The van der Waals surface area contributed by atoms with Crippen LogP contribution in [0.5, 0.6) is 0 Å². The highest BCUT2D eigenvalue weighted by Gasteiger charge is 2.08. The normalized spacial score (nSPS) is 12.4. The van der Waals surface area contributed by atoms with Crippen LogP contribution >= 0.6 is 0 Å². The summed E-state index contributed by atoms with van der Waals surface area (Å²) in [5, 5.41) is 8.60. The fourth-order valence-corrected chi connectivity index (χ4v) is 2.81. The quantitative estimate of drug-likeness (QED) is 0.809. The molecule has 0 aromatic heterocycles. The van der Waals surface area contributed by atoms with E-state index in [4.69, 9.17) is 5.26 Å². The molecule has 0 radical (unpaired) electrons. The first kappa shape index (κ1) is 13.9. The third kappa shape index (κ3) is 4.66. The van der Waals surface area contributed by atoms with Crippen LogP contribution < -0.4 is 0 Å². The molecule has 4 heteroatoms. The van der Waals surface area contributed by atoms with Crippen LogP contribution in [-0.4, -0.2) is 9.96 Å². The first-order chi connectivity index (χ1) is 8.02. The molecule has 0 amide bonds. The molecule has 1 aromatic rings. The van der Waals surface area contributed by atoms with Crippen LogP contribution in [0.3, 0.4) is 0 Å². The Morgan fingerprint density at radius 3 is 2.71 bits per heavy atom. The molecular formula is C13H16FNOS. The Morgan fingerprint density at radius 1 is 1.47 bits per heavy atom. The van der Waals surface area contributed by atoms with Gasteiger partial charge in [0.1, 0.15) is 5.82 Å². The summed E-state index contributed by atoms with van der Waals surface area (Å²) in [5.41, 5.74) is 0.713. The standard InChI is InChI=1S/C13H16FNOS/c1-10(2)5-6-17(16)9-12-4-3-11(8-15)7-13(12)14/h3-4,7,10H,5-6,9H2,1-2H3. The van der Waals surface area contributed by atoms with E-state index in [1.54, 1.807) is 12.1 Å². The molecule has 1 rings (SSSR count). The van der Waals surface area contributed by atoms with Crippen LogP contribution in [0.2, 0.25) is 0 Å². The maximum absolute atomic E-state index is 13.5. The van der Waals surface area contributed by atoms with Gasteiger partial charge in [-0.25, -0.2) is 4.39 Å². The van der Waals surface area contributed by atoms with Gasteiger partial charge in [0.25, 0.3) is 0 Å². The topological polar surface area (TPSA) is 40.9 Å². The van der Waals surface area contributed by atoms with Crippen LogP contribution in [0.15, 0.2) is 18.2 Å². The third-order valence-electron chi connectivity index (χ3n) is 2.42. The van der Waals surface area contributed by atoms with E-state index in [1.165, 1.54) is 6.07 Å². The number of nitriles is 1. The Kier molecular flexibility index (Phi) is 5.30. The molecule has 0 N–H and O–H groups in total. The van der Waals surface area contributed by atoms with Crippen LogP contribution in [0.1, 0.15) is 31.4 Å². The zero-order chi connectivity index (χ0) is 12.8. The van der Waals surface area contributed by atoms with Gasteiger partial charge in [-0.15, -0.1) is 0 Å². The Balaban J connectivity index is 2.63. The van der Waals surface area contributed by atoms with Crippen molar-refractivity contribution in [3.8, 4) is 6.07 Å². The summed E-state index contributed by atoms with van der Waals surface area (Å²) in [4.78, 5) is 0. The Hall–Kier alpha value is -1.21. The summed E-state index contributed by atoms with van der Waals surface area (Å²) in [5.74, 6) is 0.883. The number of rotatable bonds is 5. The molecule has 0 fully saturated rings. The number of hydrogen-bond acceptors (Lipinski definition) is 2. The smallest absolute Gasteiger partial charge is 0.128 e. The molecule has 0 saturated heterocycles. The largest absolute Gasteiger partial charge is 0.259 e. The Bertz CT molecular complexity index is 451. The highest BCUT2D eigenvalue weighted by atomic mass is 32.2. The number of benzene rings is 1. The van der Waals surface area contributed by atoms with E-state index in [1.807, 2.05) is 6.07 Å². The molecule has 1 aromatic carbocycles. The van der Waals surface area contributed by atoms with E-state index in [0.717, 1.165) is 6.42 Å². The van der Waals surface area contributed by atoms with Gasteiger partial charge in [0.15, 0.2) is 0 Å². The predicted molar refractivity (Wildman–Crippen MR) is 67.3 cm³/mol. The minimum Gasteiger partial charge on any atom is -0.259 e. The van der Waals surface area contributed by atoms with Crippen LogP contribution in [0.25, 0.3) is 0 Å². The van der Waals surface area contributed by atoms with E-state index in [-0.39, 0.29) is 5.75 Å². The minimum atomic E-state index is -1.03. The summed E-state index contributed by atoms with van der Waals surface area (Å²) in [6, 6.07) is 6.16. The molecule has 0 bridgehead atoms. The fourth-order valence-electron chi connectivity index (χ4n) is 1.35. The lowest BCUT2D eigenvalue weighted by Crippen LogP contribution is -2.05. The molecule has 0 aliphatic rings. The molecule has 2 nitrogen and oxygen atoms in total. The first-order valence-corrected chi connectivity index (χ1v) is 7.05. The maximum atomic E-state index is 13.5. The number of nitrogens with zero attached hydrogens (tertiary/aromatic N) is 1. The van der Waals surface area contributed by atoms with Crippen molar-refractivity contribution in [2.45, 2.75) is 26.0 Å². The highest BCUT2D eigenvalue weighted by Crippen LogP contribution is 2.13. The fraction of sp³-hybridized carbons (Fsp3) is 0.462. The molecular weight excluding hydrogens is 237 g/mol. The molecule has 0 aliphatic heterocycles. The lowest BCUT2D eigenvalue weighted by atomic mass is 10.1. The SMILES string of the molecule is CC(C)CCS(=O)Cc1ccc(C#N)cc1F. The number of hydrogen-bond donors (Lipinski definition) is 0. The van der Waals surface area contributed by atoms with Crippen molar-refractivity contribution in [2.24, 2.45) is 5.92 Å². The van der Waals surface area contributed by atoms with E-state index in [9.17, 15) is 8.60 Å². The molecule has 17 heavy (non-hydrogen) atoms. The van der Waals surface area contributed by atoms with Crippen LogP contribution in [0.4, 0.5) is 4.39 Å². The Labute approximate surface area is 104 Å². The molecule has 92 valence electrons. The van der Waals surface area contributed by atoms with Crippen molar-refractivity contribution in [2.75, 3.05) is 5.75 Å². The lowest BCUT2D eigenvalue weighted by Gasteiger charge is -2.06. The van der Waals surface area contributed by atoms with Gasteiger partial charge < -0.3 is 0 Å². The highest BCUT2D eigenvalue weighted by molar-refractivity contribution is 7.84. The van der Waals surface area contributed by atoms with Gasteiger partial charge in [-0.3, -0.25) is 4.21 Å². The van der Waals surface area contributed by atoms with E-state index in [0.29, 0.717) is 22.8 Å². The minimum absolute atomic E-state index is 0.226. The predicted octanol–water partition coefficient (Wildman–Crippen LogP) is 2.99. The van der Waals surface area contributed by atoms with Gasteiger partial charge in [0.05, 0.1) is 17.4 Å². The van der Waals surface area contributed by atoms with Gasteiger partial charge in [0, 0.05) is 22.1 Å². The zero-order valence-electron chi connectivity index (χ0n) is 10.1. The average Bonchev–Trinajstić information content (AvgIpc) is 2.29. The monoisotopic (exact) mass is 253 g/mol. The number of halogens is 1. The van der Waals surface area contributed by atoms with Crippen LogP contribution in [0, 0.1) is 23.1 Å². The van der Waals surface area contributed by atoms with Gasteiger partial charge in [-0.05, 0) is 24.5 Å². The van der Waals surface area contributed by atoms with Crippen molar-refractivity contribution < 1.29 is 8.60 Å². The second kappa shape index (κ2) is 6.51. The van der Waals surface area contributed by atoms with E-state index >= 15 is 0 Å². The molecule has 0 spiro atoms. The summed E-state index contributed by atoms with van der Waals surface area (Å²) >= 11 is 0. The van der Waals surface area contributed by atoms with E-state index < -0.39 is 16.6 Å². The third-order valence-corrected chi connectivity index (χ3v) is 3.75. The van der Waals surface area contributed by atoms with Crippen molar-refractivity contribution in [3.63, 3.8) is 0 Å². The van der Waals surface area contributed by atoms with Gasteiger partial charge in [-0.2, -0.15) is 5.26 Å². The van der Waals surface area contributed by atoms with Crippen molar-refractivity contribution >= 4 is 10.8 Å². The molecule has 1 atom stereocenters. The van der Waals surface area contributed by atoms with Gasteiger partial charge in [0.2, 0.25) is 0 Å². The maximum Gasteiger partial charge on any atom is 0.128 e.